The van der Waals surface area contributed by atoms with Crippen molar-refractivity contribution < 1.29 is 18.3 Å². The van der Waals surface area contributed by atoms with Gasteiger partial charge in [0.25, 0.3) is 0 Å². The molecule has 3 aromatic rings. The molecule has 8 heteroatoms. The molecule has 0 saturated heterocycles. The van der Waals surface area contributed by atoms with Crippen molar-refractivity contribution in [3.05, 3.63) is 71.7 Å². The van der Waals surface area contributed by atoms with Crippen LogP contribution >= 0.6 is 0 Å². The van der Waals surface area contributed by atoms with Crippen LogP contribution in [-0.2, 0) is 23.4 Å². The topological polar surface area (TPSA) is 84.7 Å². The Labute approximate surface area is 182 Å². The Morgan fingerprint density at radius 1 is 1.10 bits per heavy atom. The molecule has 162 valence electrons. The van der Waals surface area contributed by atoms with Crippen molar-refractivity contribution in [3.8, 4) is 16.9 Å². The summed E-state index contributed by atoms with van der Waals surface area (Å²) >= 11 is 0. The van der Waals surface area contributed by atoms with Crippen LogP contribution in [0.3, 0.4) is 0 Å². The average Bonchev–Trinajstić information content (AvgIpc) is 3.18. The van der Waals surface area contributed by atoms with Crippen LogP contribution in [0.1, 0.15) is 16.7 Å². The first-order valence-electron chi connectivity index (χ1n) is 9.89. The predicted molar refractivity (Wildman–Crippen MR) is 119 cm³/mol. The molecule has 1 aromatic heterocycles. The van der Waals surface area contributed by atoms with E-state index in [0.717, 1.165) is 34.4 Å². The summed E-state index contributed by atoms with van der Waals surface area (Å²) in [5, 5.41) is 13.4. The van der Waals surface area contributed by atoms with Crippen LogP contribution in [0.25, 0.3) is 16.7 Å². The van der Waals surface area contributed by atoms with E-state index in [0.29, 0.717) is 11.3 Å². The highest BCUT2D eigenvalue weighted by Gasteiger charge is 2.23. The highest BCUT2D eigenvalue weighted by Crippen LogP contribution is 2.39. The first kappa shape index (κ1) is 21.1. The van der Waals surface area contributed by atoms with Gasteiger partial charge in [-0.3, -0.25) is 4.68 Å². The van der Waals surface area contributed by atoms with Gasteiger partial charge in [-0.2, -0.15) is 5.10 Å². The summed E-state index contributed by atoms with van der Waals surface area (Å²) in [6, 6.07) is 11.1. The third-order valence-electron chi connectivity index (χ3n) is 5.39. The van der Waals surface area contributed by atoms with Gasteiger partial charge in [0, 0.05) is 49.7 Å². The van der Waals surface area contributed by atoms with Crippen LogP contribution in [-0.4, -0.2) is 54.7 Å². The van der Waals surface area contributed by atoms with Crippen molar-refractivity contribution in [2.75, 3.05) is 26.5 Å². The number of sulfone groups is 1. The third kappa shape index (κ3) is 4.08. The highest BCUT2D eigenvalue weighted by atomic mass is 32.2. The number of hydrogen-bond donors (Lipinski definition) is 1. The van der Waals surface area contributed by atoms with Crippen LogP contribution in [0.15, 0.2) is 59.9 Å². The van der Waals surface area contributed by atoms with Crippen LogP contribution in [0.4, 0.5) is 0 Å². The minimum atomic E-state index is -3.59. The number of nitrogens with zero attached hydrogens (tertiary/aromatic N) is 3. The van der Waals surface area contributed by atoms with Gasteiger partial charge in [0.2, 0.25) is 0 Å². The molecule has 0 saturated carbocycles. The molecule has 1 N–H and O–H groups in total. The average molecular weight is 440 g/mol. The lowest BCUT2D eigenvalue weighted by Gasteiger charge is -2.27. The van der Waals surface area contributed by atoms with E-state index in [1.54, 1.807) is 23.9 Å². The van der Waals surface area contributed by atoms with Gasteiger partial charge in [0.15, 0.2) is 9.84 Å². The lowest BCUT2D eigenvalue weighted by molar-refractivity contribution is 0.319. The molecule has 0 atom stereocenters. The summed E-state index contributed by atoms with van der Waals surface area (Å²) in [7, 11) is 1.84. The number of aliphatic hydroxyl groups is 1. The summed E-state index contributed by atoms with van der Waals surface area (Å²) in [5.41, 5.74) is 5.78. The second-order valence-corrected chi connectivity index (χ2v) is 9.75. The quantitative estimate of drug-likeness (QED) is 0.636. The van der Waals surface area contributed by atoms with Crippen molar-refractivity contribution in [1.82, 2.24) is 14.7 Å². The molecule has 2 aromatic carbocycles. The maximum absolute atomic E-state index is 12.6. The van der Waals surface area contributed by atoms with Crippen molar-refractivity contribution in [1.29, 1.82) is 0 Å². The van der Waals surface area contributed by atoms with E-state index >= 15 is 0 Å². The molecule has 0 spiro atoms. The van der Waals surface area contributed by atoms with E-state index in [1.807, 2.05) is 32.7 Å². The van der Waals surface area contributed by atoms with Gasteiger partial charge < -0.3 is 14.7 Å². The molecule has 2 heterocycles. The third-order valence-corrected chi connectivity index (χ3v) is 7.08. The number of methoxy groups -OCH3 is 1. The zero-order valence-corrected chi connectivity index (χ0v) is 18.6. The van der Waals surface area contributed by atoms with Crippen LogP contribution < -0.4 is 4.74 Å². The zero-order valence-electron chi connectivity index (χ0n) is 17.7. The summed E-state index contributed by atoms with van der Waals surface area (Å²) < 4.78 is 32.5. The first-order valence-corrected chi connectivity index (χ1v) is 11.5. The molecule has 0 fully saturated rings. The number of fused-ring (bicyclic) bond motifs is 1. The van der Waals surface area contributed by atoms with Gasteiger partial charge in [-0.15, -0.1) is 0 Å². The minimum Gasteiger partial charge on any atom is -0.496 e. The smallest absolute Gasteiger partial charge is 0.180 e. The van der Waals surface area contributed by atoms with E-state index < -0.39 is 16.4 Å². The number of aliphatic hydroxyl groups excluding tert-OH is 1. The molecule has 4 rings (SSSR count). The maximum Gasteiger partial charge on any atom is 0.180 e. The minimum absolute atomic E-state index is 0.163. The van der Waals surface area contributed by atoms with Crippen LogP contribution in [0.5, 0.6) is 5.75 Å². The lowest BCUT2D eigenvalue weighted by atomic mass is 9.89. The fourth-order valence-corrected chi connectivity index (χ4v) is 4.91. The van der Waals surface area contributed by atoms with Crippen molar-refractivity contribution in [2.24, 2.45) is 7.05 Å². The van der Waals surface area contributed by atoms with E-state index in [4.69, 9.17) is 9.84 Å². The van der Waals surface area contributed by atoms with Crippen molar-refractivity contribution >= 4 is 15.4 Å². The second-order valence-electron chi connectivity index (χ2n) is 7.64. The molecule has 7 nitrogen and oxygen atoms in total. The number of hydrogen-bond acceptors (Lipinski definition) is 6. The molecular formula is C23H25N3O4S. The molecule has 0 bridgehead atoms. The standard InChI is InChI=1S/C23H25N3O4S/c1-25-13-17-5-4-16(18-12-24-26(2)14-18)10-20(17)22(15-25)21-11-19(6-7-23(21)30-3)31(28,29)9-8-27/h4-7,10-12,14-15,27H,8-9,13H2,1-3H3. The summed E-state index contributed by atoms with van der Waals surface area (Å²) in [4.78, 5) is 2.23. The van der Waals surface area contributed by atoms with Crippen molar-refractivity contribution in [3.63, 3.8) is 0 Å². The van der Waals surface area contributed by atoms with E-state index in [9.17, 15) is 8.42 Å². The number of aryl methyl sites for hydroxylation is 1. The second kappa shape index (κ2) is 8.20. The molecule has 0 aliphatic carbocycles. The molecule has 0 unspecified atom stereocenters. The summed E-state index contributed by atoms with van der Waals surface area (Å²) in [6.07, 6.45) is 5.79. The Kier molecular flexibility index (Phi) is 5.60. The normalized spacial score (nSPS) is 13.7. The van der Waals surface area contributed by atoms with Gasteiger partial charge in [-0.25, -0.2) is 8.42 Å². The fraction of sp³-hybridized carbons (Fsp3) is 0.261. The first-order chi connectivity index (χ1) is 14.8. The molecule has 1 aliphatic rings. The van der Waals surface area contributed by atoms with Gasteiger partial charge in [0.05, 0.1) is 30.6 Å². The fourth-order valence-electron chi connectivity index (χ4n) is 3.86. The Morgan fingerprint density at radius 2 is 1.90 bits per heavy atom. The van der Waals surface area contributed by atoms with Gasteiger partial charge in [0.1, 0.15) is 5.75 Å². The van der Waals surface area contributed by atoms with E-state index in [-0.39, 0.29) is 10.6 Å². The molecule has 0 radical (unpaired) electrons. The molecular weight excluding hydrogens is 414 g/mol. The SMILES string of the molecule is COc1ccc(S(=O)(=O)CCO)cc1C1=CN(C)Cc2ccc(-c3cnn(C)c3)cc21. The summed E-state index contributed by atoms with van der Waals surface area (Å²) in [6.45, 7) is 0.323. The van der Waals surface area contributed by atoms with Crippen LogP contribution in [0, 0.1) is 0 Å². The Balaban J connectivity index is 1.88. The van der Waals surface area contributed by atoms with Gasteiger partial charge >= 0.3 is 0 Å². The predicted octanol–water partition coefficient (Wildman–Crippen LogP) is 2.70. The molecule has 0 amide bonds. The monoisotopic (exact) mass is 439 g/mol. The summed E-state index contributed by atoms with van der Waals surface area (Å²) in [5.74, 6) is 0.265. The Morgan fingerprint density at radius 3 is 2.58 bits per heavy atom. The van der Waals surface area contributed by atoms with Gasteiger partial charge in [-0.05, 0) is 41.0 Å². The van der Waals surface area contributed by atoms with E-state index in [2.05, 4.69) is 28.2 Å². The van der Waals surface area contributed by atoms with E-state index in [1.165, 1.54) is 6.07 Å². The number of ether oxygens (including phenoxy) is 1. The largest absolute Gasteiger partial charge is 0.496 e. The molecule has 31 heavy (non-hydrogen) atoms. The number of benzene rings is 2. The number of rotatable bonds is 6. The Hall–Kier alpha value is -3.10. The van der Waals surface area contributed by atoms with Gasteiger partial charge in [-0.1, -0.05) is 12.1 Å². The molecule has 1 aliphatic heterocycles. The Bertz CT molecular complexity index is 1260. The number of aromatic nitrogens is 2. The lowest BCUT2D eigenvalue weighted by Crippen LogP contribution is -2.18. The highest BCUT2D eigenvalue weighted by molar-refractivity contribution is 7.91. The van der Waals surface area contributed by atoms with Crippen molar-refractivity contribution in [2.45, 2.75) is 11.4 Å². The maximum atomic E-state index is 12.6. The van der Waals surface area contributed by atoms with Crippen LogP contribution in [0.2, 0.25) is 0 Å². The zero-order chi connectivity index (χ0) is 22.2.